The molecule has 1 N–H and O–H groups in total. The Kier molecular flexibility index (Phi) is 8.23. The summed E-state index contributed by atoms with van der Waals surface area (Å²) in [7, 11) is 3.58. The molecule has 0 radical (unpaired) electrons. The summed E-state index contributed by atoms with van der Waals surface area (Å²) >= 11 is 1.66. The number of thioether (sulfide) groups is 1. The summed E-state index contributed by atoms with van der Waals surface area (Å²) in [5.74, 6) is 1.27. The van der Waals surface area contributed by atoms with E-state index in [1.165, 1.54) is 0 Å². The number of benzene rings is 1. The molecule has 2 atom stereocenters. The van der Waals surface area contributed by atoms with E-state index in [4.69, 9.17) is 4.74 Å². The van der Waals surface area contributed by atoms with E-state index in [-0.39, 0.29) is 24.2 Å². The average Bonchev–Trinajstić information content (AvgIpc) is 2.53. The fourth-order valence-corrected chi connectivity index (χ4v) is 3.55. The Morgan fingerprint density at radius 2 is 2.22 bits per heavy atom. The normalized spacial score (nSPS) is 20.5. The van der Waals surface area contributed by atoms with Crippen molar-refractivity contribution < 1.29 is 9.53 Å². The Bertz CT molecular complexity index is 527. The largest absolute Gasteiger partial charge is 0.496 e. The molecule has 1 saturated heterocycles. The minimum absolute atomic E-state index is 0. The fraction of sp³-hybridized carbons (Fsp3) is 0.588. The lowest BCUT2D eigenvalue weighted by atomic mass is 9.92. The zero-order valence-electron chi connectivity index (χ0n) is 14.3. The number of amides is 1. The molecule has 1 amide bonds. The molecule has 0 saturated carbocycles. The van der Waals surface area contributed by atoms with Gasteiger partial charge in [0, 0.05) is 30.4 Å². The summed E-state index contributed by atoms with van der Waals surface area (Å²) in [6.45, 7) is 3.70. The van der Waals surface area contributed by atoms with Crippen LogP contribution >= 0.6 is 24.2 Å². The van der Waals surface area contributed by atoms with Crippen molar-refractivity contribution in [3.63, 3.8) is 0 Å². The third-order valence-electron chi connectivity index (χ3n) is 4.22. The first-order chi connectivity index (χ1) is 10.5. The Morgan fingerprint density at radius 1 is 1.48 bits per heavy atom. The second kappa shape index (κ2) is 9.40. The number of rotatable bonds is 5. The van der Waals surface area contributed by atoms with Crippen LogP contribution < -0.4 is 10.1 Å². The van der Waals surface area contributed by atoms with Crippen molar-refractivity contribution in [2.45, 2.75) is 37.2 Å². The van der Waals surface area contributed by atoms with Crippen molar-refractivity contribution in [2.75, 3.05) is 27.0 Å². The molecule has 1 aliphatic rings. The van der Waals surface area contributed by atoms with Gasteiger partial charge in [0.2, 0.25) is 5.91 Å². The molecule has 23 heavy (non-hydrogen) atoms. The van der Waals surface area contributed by atoms with Crippen LogP contribution in [-0.4, -0.2) is 43.8 Å². The van der Waals surface area contributed by atoms with Gasteiger partial charge in [-0.05, 0) is 50.3 Å². The highest BCUT2D eigenvalue weighted by Crippen LogP contribution is 2.29. The number of nitrogens with one attached hydrogen (secondary N) is 1. The number of methoxy groups -OCH3 is 1. The molecule has 6 heteroatoms. The zero-order chi connectivity index (χ0) is 16.1. The maximum absolute atomic E-state index is 12.6. The highest BCUT2D eigenvalue weighted by atomic mass is 35.5. The van der Waals surface area contributed by atoms with Gasteiger partial charge < -0.3 is 15.0 Å². The molecule has 1 aromatic carbocycles. The highest BCUT2D eigenvalue weighted by molar-refractivity contribution is 7.98. The van der Waals surface area contributed by atoms with E-state index in [1.807, 2.05) is 24.3 Å². The van der Waals surface area contributed by atoms with Crippen molar-refractivity contribution >= 4 is 30.1 Å². The van der Waals surface area contributed by atoms with Gasteiger partial charge in [-0.2, -0.15) is 0 Å². The molecule has 130 valence electrons. The summed E-state index contributed by atoms with van der Waals surface area (Å²) < 4.78 is 5.42. The second-order valence-corrected chi connectivity index (χ2v) is 6.81. The summed E-state index contributed by atoms with van der Waals surface area (Å²) in [6.07, 6.45) is 3.89. The van der Waals surface area contributed by atoms with Crippen LogP contribution in [0.25, 0.3) is 0 Å². The smallest absolute Gasteiger partial charge is 0.225 e. The van der Waals surface area contributed by atoms with Crippen molar-refractivity contribution in [3.05, 3.63) is 23.8 Å². The first kappa shape index (κ1) is 20.1. The fourth-order valence-electron chi connectivity index (χ4n) is 3.00. The van der Waals surface area contributed by atoms with Crippen LogP contribution in [0.4, 0.5) is 0 Å². The molecule has 0 bridgehead atoms. The van der Waals surface area contributed by atoms with Crippen LogP contribution in [0.5, 0.6) is 5.75 Å². The van der Waals surface area contributed by atoms with Gasteiger partial charge in [-0.1, -0.05) is 6.07 Å². The Balaban J connectivity index is 0.00000264. The summed E-state index contributed by atoms with van der Waals surface area (Å²) in [5, 5.41) is 3.39. The van der Waals surface area contributed by atoms with Crippen LogP contribution in [0, 0.1) is 5.92 Å². The molecule has 0 aliphatic carbocycles. The maximum Gasteiger partial charge on any atom is 0.225 e. The molecule has 1 aromatic rings. The van der Waals surface area contributed by atoms with Gasteiger partial charge in [0.15, 0.2) is 0 Å². The topological polar surface area (TPSA) is 41.6 Å². The predicted octanol–water partition coefficient (Wildman–Crippen LogP) is 3.19. The Labute approximate surface area is 149 Å². The first-order valence-corrected chi connectivity index (χ1v) is 8.97. The van der Waals surface area contributed by atoms with E-state index >= 15 is 0 Å². The summed E-state index contributed by atoms with van der Waals surface area (Å²) in [5.41, 5.74) is 1.10. The van der Waals surface area contributed by atoms with Gasteiger partial charge in [0.05, 0.1) is 7.11 Å². The highest BCUT2D eigenvalue weighted by Gasteiger charge is 2.27. The Morgan fingerprint density at radius 3 is 2.83 bits per heavy atom. The van der Waals surface area contributed by atoms with Gasteiger partial charge in [-0.3, -0.25) is 4.79 Å². The van der Waals surface area contributed by atoms with Crippen LogP contribution in [0.1, 0.15) is 25.3 Å². The lowest BCUT2D eigenvalue weighted by Gasteiger charge is -2.30. The second-order valence-electron chi connectivity index (χ2n) is 5.96. The molecule has 2 rings (SSSR count). The molecule has 0 aromatic heterocycles. The van der Waals surface area contributed by atoms with Crippen molar-refractivity contribution in [2.24, 2.45) is 5.92 Å². The van der Waals surface area contributed by atoms with E-state index in [0.29, 0.717) is 12.6 Å². The molecular weight excluding hydrogens is 332 g/mol. The average molecular weight is 359 g/mol. The predicted molar refractivity (Wildman–Crippen MR) is 98.7 cm³/mol. The Hall–Kier alpha value is -0.910. The van der Waals surface area contributed by atoms with E-state index in [1.54, 1.807) is 18.9 Å². The van der Waals surface area contributed by atoms with Gasteiger partial charge in [0.1, 0.15) is 5.75 Å². The van der Waals surface area contributed by atoms with E-state index in [9.17, 15) is 4.79 Å². The van der Waals surface area contributed by atoms with E-state index in [2.05, 4.69) is 24.4 Å². The number of carbonyl (C=O) groups is 1. The summed E-state index contributed by atoms with van der Waals surface area (Å²) in [6, 6.07) is 6.59. The molecule has 0 unspecified atom stereocenters. The van der Waals surface area contributed by atoms with Gasteiger partial charge in [-0.25, -0.2) is 0 Å². The number of nitrogens with zero attached hydrogens (tertiary/aromatic N) is 1. The molecular formula is C17H27ClN2O2S. The molecule has 1 aliphatic heterocycles. The van der Waals surface area contributed by atoms with Gasteiger partial charge in [0.25, 0.3) is 0 Å². The van der Waals surface area contributed by atoms with E-state index < -0.39 is 0 Å². The monoisotopic (exact) mass is 358 g/mol. The minimum atomic E-state index is 0. The number of hydrogen-bond acceptors (Lipinski definition) is 4. The zero-order valence-corrected chi connectivity index (χ0v) is 15.9. The van der Waals surface area contributed by atoms with Gasteiger partial charge >= 0.3 is 0 Å². The SMILES string of the molecule is COc1cc(CN(C)C(=O)[C@H]2CCN[C@@H](C)C2)ccc1SC.Cl. The third-order valence-corrected chi connectivity index (χ3v) is 4.99. The van der Waals surface area contributed by atoms with E-state index in [0.717, 1.165) is 35.6 Å². The number of halogens is 1. The molecule has 0 spiro atoms. The molecule has 1 fully saturated rings. The quantitative estimate of drug-likeness (QED) is 0.821. The third kappa shape index (κ3) is 5.30. The van der Waals surface area contributed by atoms with Crippen molar-refractivity contribution in [1.29, 1.82) is 0 Å². The lowest BCUT2D eigenvalue weighted by molar-refractivity contribution is -0.135. The van der Waals surface area contributed by atoms with Crippen LogP contribution in [0.3, 0.4) is 0 Å². The molecule has 4 nitrogen and oxygen atoms in total. The lowest BCUT2D eigenvalue weighted by Crippen LogP contribution is -2.42. The molecule has 1 heterocycles. The summed E-state index contributed by atoms with van der Waals surface area (Å²) in [4.78, 5) is 15.5. The number of piperidine rings is 1. The standard InChI is InChI=1S/C17H26N2O2S.ClH/c1-12-9-14(7-8-18-12)17(20)19(2)11-13-5-6-16(22-4)15(10-13)21-3;/h5-6,10,12,14,18H,7-9,11H2,1-4H3;1H/t12-,14-;/m0./s1. The number of ether oxygens (including phenoxy) is 1. The van der Waals surface area contributed by atoms with Crippen LogP contribution in [-0.2, 0) is 11.3 Å². The van der Waals surface area contributed by atoms with Crippen molar-refractivity contribution in [3.8, 4) is 5.75 Å². The van der Waals surface area contributed by atoms with Crippen LogP contribution in [0.2, 0.25) is 0 Å². The number of hydrogen-bond donors (Lipinski definition) is 1. The van der Waals surface area contributed by atoms with Crippen molar-refractivity contribution in [1.82, 2.24) is 10.2 Å². The maximum atomic E-state index is 12.6. The first-order valence-electron chi connectivity index (χ1n) is 7.74. The number of carbonyl (C=O) groups excluding carboxylic acids is 1. The minimum Gasteiger partial charge on any atom is -0.496 e. The van der Waals surface area contributed by atoms with Gasteiger partial charge in [-0.15, -0.1) is 24.2 Å². The van der Waals surface area contributed by atoms with Crippen LogP contribution in [0.15, 0.2) is 23.1 Å².